The molecule has 4 nitrogen and oxygen atoms in total. The van der Waals surface area contributed by atoms with E-state index in [1.807, 2.05) is 31.2 Å². The van der Waals surface area contributed by atoms with Gasteiger partial charge in [-0.3, -0.25) is 9.59 Å². The average molecular weight is 270 g/mol. The first kappa shape index (κ1) is 14.1. The molecule has 1 aromatic carbocycles. The Morgan fingerprint density at radius 2 is 1.95 bits per heavy atom. The molecular weight excluding hydrogens is 252 g/mol. The van der Waals surface area contributed by atoms with Gasteiger partial charge < -0.3 is 9.47 Å². The zero-order valence-electron chi connectivity index (χ0n) is 12.0. The topological polar surface area (TPSA) is 42.3 Å². The van der Waals surface area contributed by atoms with E-state index in [2.05, 4.69) is 0 Å². The number of benzene rings is 1. The van der Waals surface area contributed by atoms with Crippen molar-refractivity contribution in [2.75, 3.05) is 14.1 Å². The maximum absolute atomic E-state index is 12.3. The lowest BCUT2D eigenvalue weighted by Crippen LogP contribution is -2.32. The van der Waals surface area contributed by atoms with Crippen molar-refractivity contribution in [2.45, 2.75) is 13.5 Å². The Labute approximate surface area is 118 Å². The van der Waals surface area contributed by atoms with Gasteiger partial charge in [-0.25, -0.2) is 0 Å². The van der Waals surface area contributed by atoms with E-state index in [4.69, 9.17) is 0 Å². The second-order valence-corrected chi connectivity index (χ2v) is 5.04. The van der Waals surface area contributed by atoms with Crippen molar-refractivity contribution >= 4 is 5.91 Å². The summed E-state index contributed by atoms with van der Waals surface area (Å²) < 4.78 is 1.56. The third-order valence-electron chi connectivity index (χ3n) is 3.09. The number of carbonyl (C=O) groups excluding carboxylic acids is 1. The van der Waals surface area contributed by atoms with E-state index < -0.39 is 0 Å². The maximum Gasteiger partial charge on any atom is 0.263 e. The van der Waals surface area contributed by atoms with E-state index in [1.54, 1.807) is 37.0 Å². The summed E-state index contributed by atoms with van der Waals surface area (Å²) in [6.45, 7) is 2.48. The molecule has 4 heteroatoms. The largest absolute Gasteiger partial charge is 0.345 e. The number of carbonyl (C=O) groups is 1. The van der Waals surface area contributed by atoms with Gasteiger partial charge in [-0.2, -0.15) is 0 Å². The Hall–Kier alpha value is -2.36. The van der Waals surface area contributed by atoms with Crippen LogP contribution in [0.25, 0.3) is 0 Å². The predicted molar refractivity (Wildman–Crippen MR) is 79.0 cm³/mol. The van der Waals surface area contributed by atoms with Crippen LogP contribution in [-0.4, -0.2) is 29.5 Å². The fourth-order valence-electron chi connectivity index (χ4n) is 2.07. The highest BCUT2D eigenvalue weighted by atomic mass is 16.2. The van der Waals surface area contributed by atoms with Crippen molar-refractivity contribution in [3.8, 4) is 0 Å². The van der Waals surface area contributed by atoms with Gasteiger partial charge in [-0.05, 0) is 24.6 Å². The van der Waals surface area contributed by atoms with E-state index in [-0.39, 0.29) is 17.0 Å². The fourth-order valence-corrected chi connectivity index (χ4v) is 2.07. The molecule has 1 aromatic heterocycles. The van der Waals surface area contributed by atoms with Crippen LogP contribution in [-0.2, 0) is 6.54 Å². The molecule has 20 heavy (non-hydrogen) atoms. The normalized spacial score (nSPS) is 10.3. The van der Waals surface area contributed by atoms with Crippen LogP contribution in [0.4, 0.5) is 0 Å². The number of aromatic nitrogens is 1. The Morgan fingerprint density at radius 1 is 1.20 bits per heavy atom. The van der Waals surface area contributed by atoms with E-state index in [1.165, 1.54) is 4.90 Å². The smallest absolute Gasteiger partial charge is 0.263 e. The first-order valence-corrected chi connectivity index (χ1v) is 6.45. The number of amides is 1. The second kappa shape index (κ2) is 5.74. The summed E-state index contributed by atoms with van der Waals surface area (Å²) in [6.07, 6.45) is 1.71. The molecular formula is C16H18N2O2. The maximum atomic E-state index is 12.3. The van der Waals surface area contributed by atoms with Crippen LogP contribution in [0.1, 0.15) is 21.5 Å². The van der Waals surface area contributed by atoms with E-state index in [9.17, 15) is 9.59 Å². The van der Waals surface area contributed by atoms with Crippen LogP contribution >= 0.6 is 0 Å². The lowest BCUT2D eigenvalue weighted by atomic mass is 10.1. The minimum atomic E-state index is -0.270. The number of rotatable bonds is 3. The molecule has 1 amide bonds. The summed E-state index contributed by atoms with van der Waals surface area (Å²) in [7, 11) is 3.28. The molecule has 1 heterocycles. The van der Waals surface area contributed by atoms with Gasteiger partial charge in [0.2, 0.25) is 0 Å². The van der Waals surface area contributed by atoms with Gasteiger partial charge in [-0.15, -0.1) is 0 Å². The molecule has 0 atom stereocenters. The van der Waals surface area contributed by atoms with Gasteiger partial charge in [0.15, 0.2) is 0 Å². The summed E-state index contributed by atoms with van der Waals surface area (Å²) in [5.74, 6) is -0.270. The molecule has 0 aliphatic rings. The van der Waals surface area contributed by atoms with Gasteiger partial charge in [0.1, 0.15) is 5.56 Å². The monoisotopic (exact) mass is 270 g/mol. The molecule has 0 saturated heterocycles. The number of aryl methyl sites for hydroxylation is 1. The van der Waals surface area contributed by atoms with Crippen molar-refractivity contribution < 1.29 is 4.79 Å². The minimum Gasteiger partial charge on any atom is -0.345 e. The zero-order valence-corrected chi connectivity index (χ0v) is 12.0. The van der Waals surface area contributed by atoms with Crippen LogP contribution in [0, 0.1) is 6.92 Å². The molecule has 104 valence electrons. The van der Waals surface area contributed by atoms with E-state index in [0.29, 0.717) is 6.54 Å². The number of nitrogens with zero attached hydrogens (tertiary/aromatic N) is 2. The van der Waals surface area contributed by atoms with Crippen LogP contribution < -0.4 is 5.56 Å². The first-order valence-electron chi connectivity index (χ1n) is 6.45. The van der Waals surface area contributed by atoms with Crippen LogP contribution in [0.15, 0.2) is 47.4 Å². The van der Waals surface area contributed by atoms with Crippen molar-refractivity contribution in [3.05, 3.63) is 69.6 Å². The highest BCUT2D eigenvalue weighted by molar-refractivity contribution is 5.93. The first-order chi connectivity index (χ1) is 9.49. The Balaban J connectivity index is 2.37. The third kappa shape index (κ3) is 2.96. The summed E-state index contributed by atoms with van der Waals surface area (Å²) >= 11 is 0. The Morgan fingerprint density at radius 3 is 2.60 bits per heavy atom. The van der Waals surface area contributed by atoms with Gasteiger partial charge in [-0.1, -0.05) is 29.8 Å². The van der Waals surface area contributed by atoms with Gasteiger partial charge in [0.05, 0.1) is 6.54 Å². The van der Waals surface area contributed by atoms with Crippen molar-refractivity contribution in [1.29, 1.82) is 0 Å². The Kier molecular flexibility index (Phi) is 4.03. The highest BCUT2D eigenvalue weighted by Crippen LogP contribution is 2.06. The van der Waals surface area contributed by atoms with Crippen LogP contribution in [0.3, 0.4) is 0 Å². The summed E-state index contributed by atoms with van der Waals surface area (Å²) in [5.41, 5.74) is 2.13. The highest BCUT2D eigenvalue weighted by Gasteiger charge is 2.13. The molecule has 0 radical (unpaired) electrons. The molecule has 0 spiro atoms. The lowest BCUT2D eigenvalue weighted by Gasteiger charge is -2.12. The van der Waals surface area contributed by atoms with E-state index >= 15 is 0 Å². The second-order valence-electron chi connectivity index (χ2n) is 5.04. The molecule has 0 saturated carbocycles. The average Bonchev–Trinajstić information content (AvgIpc) is 2.40. The number of hydrogen-bond donors (Lipinski definition) is 0. The predicted octanol–water partition coefficient (Wildman–Crippen LogP) is 1.91. The van der Waals surface area contributed by atoms with Crippen molar-refractivity contribution in [2.24, 2.45) is 0 Å². The molecule has 0 N–H and O–H groups in total. The summed E-state index contributed by atoms with van der Waals surface area (Å²) in [5, 5.41) is 0. The molecule has 0 bridgehead atoms. The van der Waals surface area contributed by atoms with Gasteiger partial charge in [0, 0.05) is 20.3 Å². The molecule has 0 fully saturated rings. The van der Waals surface area contributed by atoms with Crippen molar-refractivity contribution in [3.63, 3.8) is 0 Å². The summed E-state index contributed by atoms with van der Waals surface area (Å²) in [6, 6.07) is 11.3. The van der Waals surface area contributed by atoms with Crippen LogP contribution in [0.5, 0.6) is 0 Å². The fraction of sp³-hybridized carbons (Fsp3) is 0.250. The third-order valence-corrected chi connectivity index (χ3v) is 3.09. The van der Waals surface area contributed by atoms with Crippen molar-refractivity contribution in [1.82, 2.24) is 9.47 Å². The standard InChI is InChI=1S/C16H18N2O2/c1-12-6-4-7-13(10-12)11-18-9-5-8-14(16(18)20)15(19)17(2)3/h4-10H,11H2,1-3H3. The van der Waals surface area contributed by atoms with Gasteiger partial charge >= 0.3 is 0 Å². The SMILES string of the molecule is Cc1cccc(Cn2cccc(C(=O)N(C)C)c2=O)c1. The zero-order chi connectivity index (χ0) is 14.7. The quantitative estimate of drug-likeness (QED) is 0.855. The number of pyridine rings is 1. The molecule has 2 rings (SSSR count). The number of hydrogen-bond acceptors (Lipinski definition) is 2. The lowest BCUT2D eigenvalue weighted by molar-refractivity contribution is 0.0825. The van der Waals surface area contributed by atoms with Crippen LogP contribution in [0.2, 0.25) is 0 Å². The molecule has 0 unspecified atom stereocenters. The Bertz CT molecular complexity index is 687. The molecule has 0 aliphatic carbocycles. The summed E-state index contributed by atoms with van der Waals surface area (Å²) in [4.78, 5) is 25.7. The minimum absolute atomic E-state index is 0.199. The van der Waals surface area contributed by atoms with Gasteiger partial charge in [0.25, 0.3) is 11.5 Å². The molecule has 0 aliphatic heterocycles. The molecule has 2 aromatic rings. The van der Waals surface area contributed by atoms with E-state index in [0.717, 1.165) is 11.1 Å².